The van der Waals surface area contributed by atoms with E-state index in [4.69, 9.17) is 17.3 Å². The van der Waals surface area contributed by atoms with Gasteiger partial charge in [-0.25, -0.2) is 23.1 Å². The Bertz CT molecular complexity index is 1040. The molecule has 0 spiro atoms. The van der Waals surface area contributed by atoms with Gasteiger partial charge in [-0.05, 0) is 88.9 Å². The van der Waals surface area contributed by atoms with Crippen molar-refractivity contribution >= 4 is 38.1 Å². The molecule has 2 aromatic rings. The van der Waals surface area contributed by atoms with Crippen LogP contribution in [0.15, 0.2) is 23.2 Å². The van der Waals surface area contributed by atoms with Crippen molar-refractivity contribution in [2.75, 3.05) is 18.8 Å². The van der Waals surface area contributed by atoms with E-state index in [1.165, 1.54) is 29.3 Å². The maximum absolute atomic E-state index is 12.7. The van der Waals surface area contributed by atoms with E-state index in [0.29, 0.717) is 17.1 Å². The van der Waals surface area contributed by atoms with E-state index in [-0.39, 0.29) is 16.1 Å². The van der Waals surface area contributed by atoms with Crippen LogP contribution in [-0.2, 0) is 22.9 Å². The number of nitrogens with two attached hydrogens (primary N) is 1. The molecule has 0 bridgehead atoms. The first kappa shape index (κ1) is 24.9. The van der Waals surface area contributed by atoms with Crippen molar-refractivity contribution in [2.24, 2.45) is 5.92 Å². The second-order valence-corrected chi connectivity index (χ2v) is 12.4. The molecule has 7 nitrogen and oxygen atoms in total. The van der Waals surface area contributed by atoms with Gasteiger partial charge in [-0.3, -0.25) is 0 Å². The smallest absolute Gasteiger partial charge is 0.243 e. The lowest BCUT2D eigenvalue weighted by Crippen LogP contribution is -2.41. The summed E-state index contributed by atoms with van der Waals surface area (Å²) in [7, 11) is -3.64. The molecule has 182 valence electrons. The van der Waals surface area contributed by atoms with Gasteiger partial charge in [0.2, 0.25) is 10.0 Å². The number of pyridine rings is 1. The van der Waals surface area contributed by atoms with Gasteiger partial charge >= 0.3 is 0 Å². The Morgan fingerprint density at radius 2 is 2.03 bits per heavy atom. The molecular formula is C23H34ClN5O2S2. The van der Waals surface area contributed by atoms with Gasteiger partial charge in [-0.15, -0.1) is 11.3 Å². The molecule has 0 saturated heterocycles. The molecule has 1 atom stereocenters. The molecule has 0 aromatic carbocycles. The van der Waals surface area contributed by atoms with E-state index < -0.39 is 10.0 Å². The van der Waals surface area contributed by atoms with E-state index in [1.807, 2.05) is 0 Å². The fourth-order valence-corrected chi connectivity index (χ4v) is 7.93. The second kappa shape index (κ2) is 11.0. The Balaban J connectivity index is 1.26. The van der Waals surface area contributed by atoms with Crippen LogP contribution in [0.5, 0.6) is 0 Å². The molecule has 2 heterocycles. The maximum Gasteiger partial charge on any atom is 0.243 e. The summed E-state index contributed by atoms with van der Waals surface area (Å²) in [5, 5.41) is 0.714. The number of hydrogen-bond acceptors (Lipinski definition) is 7. The summed E-state index contributed by atoms with van der Waals surface area (Å²) in [5.74, 6) is 0.644. The maximum atomic E-state index is 12.7. The molecule has 33 heavy (non-hydrogen) atoms. The molecule has 1 fully saturated rings. The molecule has 10 heteroatoms. The van der Waals surface area contributed by atoms with Gasteiger partial charge in [0.25, 0.3) is 0 Å². The zero-order chi connectivity index (χ0) is 23.4. The van der Waals surface area contributed by atoms with Crippen molar-refractivity contribution in [1.29, 1.82) is 0 Å². The number of thiazole rings is 1. The van der Waals surface area contributed by atoms with Crippen LogP contribution in [0.2, 0.25) is 5.15 Å². The Morgan fingerprint density at radius 1 is 1.24 bits per heavy atom. The Kier molecular flexibility index (Phi) is 8.28. The Hall–Kier alpha value is -1.26. The first-order valence-electron chi connectivity index (χ1n) is 12.0. The Labute approximate surface area is 206 Å². The molecule has 2 aromatic heterocycles. The third-order valence-corrected chi connectivity index (χ3v) is 9.88. The molecule has 0 radical (unpaired) electrons. The van der Waals surface area contributed by atoms with Crippen LogP contribution in [-0.4, -0.2) is 48.5 Å². The highest BCUT2D eigenvalue weighted by Crippen LogP contribution is 2.32. The van der Waals surface area contributed by atoms with Gasteiger partial charge in [-0.1, -0.05) is 18.5 Å². The predicted molar refractivity (Wildman–Crippen MR) is 134 cm³/mol. The van der Waals surface area contributed by atoms with Crippen molar-refractivity contribution in [3.63, 3.8) is 0 Å². The number of nitrogen functional groups attached to an aromatic ring is 1. The van der Waals surface area contributed by atoms with Crippen LogP contribution in [0, 0.1) is 5.92 Å². The minimum absolute atomic E-state index is 0.0190. The Morgan fingerprint density at radius 3 is 2.76 bits per heavy atom. The zero-order valence-electron chi connectivity index (χ0n) is 19.2. The number of sulfonamides is 1. The first-order chi connectivity index (χ1) is 15.9. The SMILES string of the molecule is CCCN(CC[C@H]1CC[C@H](NS(=O)(=O)c2cccnc2Cl)CC1)[C@H]1CCc2nc(N)sc2C1. The molecule has 0 aliphatic heterocycles. The van der Waals surface area contributed by atoms with Gasteiger partial charge in [0, 0.05) is 23.2 Å². The lowest BCUT2D eigenvalue weighted by Gasteiger charge is -2.36. The number of nitrogens with one attached hydrogen (secondary N) is 1. The monoisotopic (exact) mass is 511 g/mol. The standard InChI is InChI=1S/C23H34ClN5O2S2/c1-2-13-29(18-9-10-19-20(15-18)32-23(25)27-19)14-11-16-5-7-17(8-6-16)28-33(30,31)21-4-3-12-26-22(21)24/h3-4,12,16-18,28H,2,5-11,13-15H2,1H3,(H2,25,27)/t16-,17-,18-/m0/s1. The van der Waals surface area contributed by atoms with Crippen molar-refractivity contribution in [2.45, 2.75) is 81.7 Å². The number of rotatable bonds is 9. The van der Waals surface area contributed by atoms with Crippen molar-refractivity contribution < 1.29 is 8.42 Å². The highest BCUT2D eigenvalue weighted by atomic mass is 35.5. The molecule has 3 N–H and O–H groups in total. The van der Waals surface area contributed by atoms with Crippen LogP contribution < -0.4 is 10.5 Å². The van der Waals surface area contributed by atoms with Crippen LogP contribution in [0.25, 0.3) is 0 Å². The van der Waals surface area contributed by atoms with Crippen molar-refractivity contribution in [3.8, 4) is 0 Å². The van der Waals surface area contributed by atoms with Gasteiger partial charge in [-0.2, -0.15) is 0 Å². The number of anilines is 1. The predicted octanol–water partition coefficient (Wildman–Crippen LogP) is 4.27. The minimum atomic E-state index is -3.64. The molecular weight excluding hydrogens is 478 g/mol. The largest absolute Gasteiger partial charge is 0.375 e. The third-order valence-electron chi connectivity index (χ3n) is 6.96. The summed E-state index contributed by atoms with van der Waals surface area (Å²) in [6.45, 7) is 4.47. The van der Waals surface area contributed by atoms with Gasteiger partial charge in [0.15, 0.2) is 5.13 Å². The third kappa shape index (κ3) is 6.25. The number of halogens is 1. The quantitative estimate of drug-likeness (QED) is 0.487. The van der Waals surface area contributed by atoms with E-state index in [1.54, 1.807) is 17.4 Å². The molecule has 2 aliphatic carbocycles. The molecule has 1 saturated carbocycles. The van der Waals surface area contributed by atoms with E-state index in [9.17, 15) is 8.42 Å². The first-order valence-corrected chi connectivity index (χ1v) is 14.6. The van der Waals surface area contributed by atoms with Crippen molar-refractivity contribution in [1.82, 2.24) is 19.6 Å². The zero-order valence-corrected chi connectivity index (χ0v) is 21.6. The number of nitrogens with zero attached hydrogens (tertiary/aromatic N) is 3. The summed E-state index contributed by atoms with van der Waals surface area (Å²) in [4.78, 5) is 12.5. The number of hydrogen-bond donors (Lipinski definition) is 2. The molecule has 0 unspecified atom stereocenters. The van der Waals surface area contributed by atoms with E-state index in [2.05, 4.69) is 26.5 Å². The average Bonchev–Trinajstić information content (AvgIpc) is 3.17. The number of fused-ring (bicyclic) bond motifs is 1. The highest BCUT2D eigenvalue weighted by Gasteiger charge is 2.29. The molecule has 0 amide bonds. The average molecular weight is 512 g/mol. The van der Waals surface area contributed by atoms with Gasteiger partial charge < -0.3 is 10.6 Å². The van der Waals surface area contributed by atoms with Crippen molar-refractivity contribution in [3.05, 3.63) is 34.1 Å². The van der Waals surface area contributed by atoms with Gasteiger partial charge in [0.1, 0.15) is 10.0 Å². The fourth-order valence-electron chi connectivity index (χ4n) is 5.23. The molecule has 4 rings (SSSR count). The van der Waals surface area contributed by atoms with Crippen LogP contribution in [0.4, 0.5) is 5.13 Å². The number of aromatic nitrogens is 2. The lowest BCUT2D eigenvalue weighted by molar-refractivity contribution is 0.158. The highest BCUT2D eigenvalue weighted by molar-refractivity contribution is 7.89. The number of aryl methyl sites for hydroxylation is 1. The fraction of sp³-hybridized carbons (Fsp3) is 0.652. The van der Waals surface area contributed by atoms with E-state index in [0.717, 1.165) is 64.5 Å². The lowest BCUT2D eigenvalue weighted by atomic mass is 9.84. The topological polar surface area (TPSA) is 101 Å². The van der Waals surface area contributed by atoms with E-state index >= 15 is 0 Å². The van der Waals surface area contributed by atoms with Crippen LogP contribution in [0.3, 0.4) is 0 Å². The van der Waals surface area contributed by atoms with Crippen LogP contribution >= 0.6 is 22.9 Å². The minimum Gasteiger partial charge on any atom is -0.375 e. The summed E-state index contributed by atoms with van der Waals surface area (Å²) >= 11 is 7.65. The second-order valence-electron chi connectivity index (χ2n) is 9.27. The van der Waals surface area contributed by atoms with Crippen LogP contribution in [0.1, 0.15) is 62.4 Å². The summed E-state index contributed by atoms with van der Waals surface area (Å²) in [6.07, 6.45) is 10.9. The summed E-state index contributed by atoms with van der Waals surface area (Å²) < 4.78 is 28.2. The summed E-state index contributed by atoms with van der Waals surface area (Å²) in [6, 6.07) is 3.63. The summed E-state index contributed by atoms with van der Waals surface area (Å²) in [5.41, 5.74) is 7.13. The molecule has 2 aliphatic rings. The normalized spacial score (nSPS) is 23.5. The van der Waals surface area contributed by atoms with Gasteiger partial charge in [0.05, 0.1) is 5.69 Å².